The summed E-state index contributed by atoms with van der Waals surface area (Å²) in [6.45, 7) is 3.80. The highest BCUT2D eigenvalue weighted by Crippen LogP contribution is 2.19. The topological polar surface area (TPSA) is 59.2 Å². The minimum absolute atomic E-state index is 0.851. The van der Waals surface area contributed by atoms with E-state index >= 15 is 0 Å². The molecular formula is C17H22N6. The van der Waals surface area contributed by atoms with Crippen LogP contribution in [0, 0.1) is 0 Å². The molecule has 0 aliphatic carbocycles. The molecule has 0 unspecified atom stereocenters. The van der Waals surface area contributed by atoms with Crippen LogP contribution >= 0.6 is 0 Å². The third-order valence-electron chi connectivity index (χ3n) is 4.56. The summed E-state index contributed by atoms with van der Waals surface area (Å²) in [7, 11) is 1.96. The molecule has 0 aromatic carbocycles. The first-order chi connectivity index (χ1) is 11.3. The predicted octanol–water partition coefficient (Wildman–Crippen LogP) is 1.74. The monoisotopic (exact) mass is 310 g/mol. The van der Waals surface area contributed by atoms with Crippen LogP contribution in [-0.2, 0) is 26.6 Å². The normalized spacial score (nSPS) is 18.6. The van der Waals surface area contributed by atoms with Gasteiger partial charge in [-0.2, -0.15) is 5.10 Å². The Morgan fingerprint density at radius 1 is 1.17 bits per heavy atom. The van der Waals surface area contributed by atoms with Crippen molar-refractivity contribution in [1.29, 1.82) is 0 Å². The van der Waals surface area contributed by atoms with E-state index in [0.717, 1.165) is 50.6 Å². The van der Waals surface area contributed by atoms with Crippen molar-refractivity contribution in [2.24, 2.45) is 12.0 Å². The lowest BCUT2D eigenvalue weighted by molar-refractivity contribution is 0.242. The SMILES string of the molecule is Cn1cc(CN2CCc3nc(C4=NCCCC4)ncc3C2)cn1. The van der Waals surface area contributed by atoms with Crippen LogP contribution in [0.3, 0.4) is 0 Å². The van der Waals surface area contributed by atoms with Crippen molar-refractivity contribution in [2.45, 2.75) is 38.8 Å². The van der Waals surface area contributed by atoms with Gasteiger partial charge in [0.1, 0.15) is 0 Å². The average molecular weight is 310 g/mol. The molecule has 0 spiro atoms. The third kappa shape index (κ3) is 3.17. The van der Waals surface area contributed by atoms with Crippen LogP contribution < -0.4 is 0 Å². The maximum atomic E-state index is 4.80. The molecule has 0 bridgehead atoms. The van der Waals surface area contributed by atoms with Gasteiger partial charge in [0, 0.05) is 63.2 Å². The lowest BCUT2D eigenvalue weighted by Gasteiger charge is -2.27. The molecule has 2 aromatic rings. The molecule has 2 aliphatic rings. The molecule has 23 heavy (non-hydrogen) atoms. The first kappa shape index (κ1) is 14.5. The fraction of sp³-hybridized carbons (Fsp3) is 0.529. The zero-order valence-corrected chi connectivity index (χ0v) is 13.6. The van der Waals surface area contributed by atoms with Gasteiger partial charge in [0.05, 0.1) is 17.6 Å². The van der Waals surface area contributed by atoms with Gasteiger partial charge in [-0.15, -0.1) is 0 Å². The van der Waals surface area contributed by atoms with Crippen molar-refractivity contribution in [1.82, 2.24) is 24.6 Å². The summed E-state index contributed by atoms with van der Waals surface area (Å²) in [5, 5.41) is 4.24. The van der Waals surface area contributed by atoms with Crippen LogP contribution in [-0.4, -0.2) is 43.4 Å². The molecular weight excluding hydrogens is 288 g/mol. The van der Waals surface area contributed by atoms with Gasteiger partial charge in [-0.3, -0.25) is 14.6 Å². The van der Waals surface area contributed by atoms with E-state index in [0.29, 0.717) is 0 Å². The molecule has 0 saturated heterocycles. The number of nitrogens with zero attached hydrogens (tertiary/aromatic N) is 6. The van der Waals surface area contributed by atoms with Gasteiger partial charge in [0.2, 0.25) is 0 Å². The highest BCUT2D eigenvalue weighted by Gasteiger charge is 2.20. The van der Waals surface area contributed by atoms with Crippen molar-refractivity contribution in [3.05, 3.63) is 41.2 Å². The van der Waals surface area contributed by atoms with Crippen LogP contribution in [0.15, 0.2) is 23.6 Å². The molecule has 0 fully saturated rings. The maximum Gasteiger partial charge on any atom is 0.173 e. The second kappa shape index (κ2) is 6.20. The highest BCUT2D eigenvalue weighted by molar-refractivity contribution is 5.97. The molecule has 2 aliphatic heterocycles. The summed E-state index contributed by atoms with van der Waals surface area (Å²) in [6.07, 6.45) is 10.4. The summed E-state index contributed by atoms with van der Waals surface area (Å²) in [4.78, 5) is 16.4. The quantitative estimate of drug-likeness (QED) is 0.866. The van der Waals surface area contributed by atoms with E-state index in [2.05, 4.69) is 26.2 Å². The Morgan fingerprint density at radius 2 is 2.13 bits per heavy atom. The molecule has 6 heteroatoms. The lowest BCUT2D eigenvalue weighted by atomic mass is 10.1. The Hall–Kier alpha value is -2.08. The number of aryl methyl sites for hydroxylation is 1. The maximum absolute atomic E-state index is 4.80. The molecule has 2 aromatic heterocycles. The molecule has 6 nitrogen and oxygen atoms in total. The Kier molecular flexibility index (Phi) is 3.91. The molecule has 0 atom stereocenters. The van der Waals surface area contributed by atoms with Gasteiger partial charge >= 0.3 is 0 Å². The standard InChI is InChI=1S/C17H22N6/c1-22-10-13(8-20-22)11-23-7-5-15-14(12-23)9-19-17(21-15)16-4-2-3-6-18-16/h8-10H,2-7,11-12H2,1H3. The molecule has 0 saturated carbocycles. The molecule has 4 heterocycles. The summed E-state index contributed by atoms with van der Waals surface area (Å²) in [5.41, 5.74) is 4.80. The van der Waals surface area contributed by atoms with Crippen LogP contribution in [0.1, 0.15) is 41.9 Å². The van der Waals surface area contributed by atoms with Crippen molar-refractivity contribution < 1.29 is 0 Å². The lowest BCUT2D eigenvalue weighted by Crippen LogP contribution is -2.31. The second-order valence-electron chi connectivity index (χ2n) is 6.43. The van der Waals surface area contributed by atoms with E-state index in [1.807, 2.05) is 24.1 Å². The van der Waals surface area contributed by atoms with Gasteiger partial charge < -0.3 is 0 Å². The predicted molar refractivity (Wildman–Crippen MR) is 88.3 cm³/mol. The molecule has 0 radical (unpaired) electrons. The van der Waals surface area contributed by atoms with Crippen molar-refractivity contribution in [3.8, 4) is 0 Å². The van der Waals surface area contributed by atoms with E-state index in [9.17, 15) is 0 Å². The molecule has 4 rings (SSSR count). The number of rotatable bonds is 3. The van der Waals surface area contributed by atoms with E-state index in [-0.39, 0.29) is 0 Å². The van der Waals surface area contributed by atoms with Gasteiger partial charge in [0.25, 0.3) is 0 Å². The van der Waals surface area contributed by atoms with Crippen LogP contribution in [0.5, 0.6) is 0 Å². The summed E-state index contributed by atoms with van der Waals surface area (Å²) < 4.78 is 1.85. The summed E-state index contributed by atoms with van der Waals surface area (Å²) >= 11 is 0. The Bertz CT molecular complexity index is 732. The van der Waals surface area contributed by atoms with Gasteiger partial charge in [0.15, 0.2) is 5.82 Å². The summed E-state index contributed by atoms with van der Waals surface area (Å²) in [5.74, 6) is 0.851. The molecule has 0 amide bonds. The zero-order valence-electron chi connectivity index (χ0n) is 13.6. The second-order valence-corrected chi connectivity index (χ2v) is 6.43. The van der Waals surface area contributed by atoms with Crippen molar-refractivity contribution in [2.75, 3.05) is 13.1 Å². The highest BCUT2D eigenvalue weighted by atomic mass is 15.2. The van der Waals surface area contributed by atoms with E-state index in [1.165, 1.54) is 29.7 Å². The van der Waals surface area contributed by atoms with Crippen LogP contribution in [0.25, 0.3) is 0 Å². The largest absolute Gasteiger partial charge is 0.294 e. The number of fused-ring (bicyclic) bond motifs is 1. The van der Waals surface area contributed by atoms with Crippen LogP contribution in [0.2, 0.25) is 0 Å². The minimum Gasteiger partial charge on any atom is -0.294 e. The first-order valence-electron chi connectivity index (χ1n) is 8.36. The number of aromatic nitrogens is 4. The molecule has 120 valence electrons. The Balaban J connectivity index is 1.48. The van der Waals surface area contributed by atoms with Crippen molar-refractivity contribution in [3.63, 3.8) is 0 Å². The zero-order chi connectivity index (χ0) is 15.6. The van der Waals surface area contributed by atoms with Crippen LogP contribution in [0.4, 0.5) is 0 Å². The Labute approximate surface area is 136 Å². The fourth-order valence-corrected chi connectivity index (χ4v) is 3.34. The number of hydrogen-bond acceptors (Lipinski definition) is 5. The van der Waals surface area contributed by atoms with E-state index < -0.39 is 0 Å². The number of hydrogen-bond donors (Lipinski definition) is 0. The first-order valence-corrected chi connectivity index (χ1v) is 8.36. The smallest absolute Gasteiger partial charge is 0.173 e. The summed E-state index contributed by atoms with van der Waals surface area (Å²) in [6, 6.07) is 0. The van der Waals surface area contributed by atoms with Crippen molar-refractivity contribution >= 4 is 5.71 Å². The molecule has 0 N–H and O–H groups in total. The average Bonchev–Trinajstić information content (AvgIpc) is 3.00. The number of aliphatic imine (C=N–C) groups is 1. The van der Waals surface area contributed by atoms with Gasteiger partial charge in [-0.05, 0) is 19.3 Å². The fourth-order valence-electron chi connectivity index (χ4n) is 3.34. The Morgan fingerprint density at radius 3 is 2.91 bits per heavy atom. The van der Waals surface area contributed by atoms with E-state index in [4.69, 9.17) is 4.98 Å². The minimum atomic E-state index is 0.851. The van der Waals surface area contributed by atoms with E-state index in [1.54, 1.807) is 0 Å². The van der Waals surface area contributed by atoms with Gasteiger partial charge in [-0.25, -0.2) is 9.97 Å². The third-order valence-corrected chi connectivity index (χ3v) is 4.56. The van der Waals surface area contributed by atoms with Gasteiger partial charge in [-0.1, -0.05) is 0 Å².